The number of hydrogen-bond donors (Lipinski definition) is 4. The maximum Gasteiger partial charge on any atom is 0.336 e. The first-order chi connectivity index (χ1) is 17.6. The van der Waals surface area contributed by atoms with Crippen LogP contribution in [0.4, 0.5) is 0 Å². The van der Waals surface area contributed by atoms with Gasteiger partial charge < -0.3 is 20.4 Å². The van der Waals surface area contributed by atoms with E-state index in [0.717, 1.165) is 6.42 Å². The minimum atomic E-state index is -2.74. The minimum Gasteiger partial charge on any atom is -0.481 e. The summed E-state index contributed by atoms with van der Waals surface area (Å²) in [6.07, 6.45) is -1.34. The van der Waals surface area contributed by atoms with Crippen molar-refractivity contribution in [3.05, 3.63) is 71.8 Å². The third-order valence-electron chi connectivity index (χ3n) is 5.08. The minimum absolute atomic E-state index is 0.578. The van der Waals surface area contributed by atoms with Gasteiger partial charge in [0.05, 0.1) is 32.6 Å². The van der Waals surface area contributed by atoms with Crippen molar-refractivity contribution < 1.29 is 44.5 Å². The fourth-order valence-electron chi connectivity index (χ4n) is 3.49. The largest absolute Gasteiger partial charge is 0.481 e. The van der Waals surface area contributed by atoms with Crippen LogP contribution in [0.5, 0.6) is 0 Å². The van der Waals surface area contributed by atoms with Crippen molar-refractivity contribution in [2.45, 2.75) is 45.6 Å². The summed E-state index contributed by atoms with van der Waals surface area (Å²) in [5.41, 5.74) is 2.24. The molecule has 0 radical (unpaired) electrons. The van der Waals surface area contributed by atoms with Crippen LogP contribution in [0.3, 0.4) is 0 Å². The average molecular weight is 518 g/mol. The van der Waals surface area contributed by atoms with Crippen LogP contribution in [0.1, 0.15) is 51.2 Å². The van der Waals surface area contributed by atoms with Gasteiger partial charge in [0, 0.05) is 0 Å². The molecule has 0 bridgehead atoms. The summed E-state index contributed by atoms with van der Waals surface area (Å²) in [5.74, 6) is -5.02. The molecule has 202 valence electrons. The lowest BCUT2D eigenvalue weighted by Crippen LogP contribution is -2.42. The fraction of sp³-hybridized carbons (Fsp3) is 0.370. The van der Waals surface area contributed by atoms with Crippen LogP contribution in [-0.2, 0) is 24.1 Å². The molecule has 2 aromatic rings. The van der Waals surface area contributed by atoms with Crippen LogP contribution in [-0.4, -0.2) is 68.9 Å². The average Bonchev–Trinajstić information content (AvgIpc) is 2.84. The molecule has 10 nitrogen and oxygen atoms in total. The summed E-state index contributed by atoms with van der Waals surface area (Å²) < 4.78 is 0. The number of nitrogens with zero attached hydrogens (tertiary/aromatic N) is 1. The molecule has 0 saturated carbocycles. The van der Waals surface area contributed by atoms with Gasteiger partial charge in [0.25, 0.3) is 0 Å². The van der Waals surface area contributed by atoms with E-state index in [-0.39, 0.29) is 0 Å². The van der Waals surface area contributed by atoms with Crippen LogP contribution in [0, 0.1) is 0 Å². The molecule has 0 spiro atoms. The zero-order chi connectivity index (χ0) is 27.8. The van der Waals surface area contributed by atoms with Crippen LogP contribution in [0.15, 0.2) is 60.7 Å². The summed E-state index contributed by atoms with van der Waals surface area (Å²) in [7, 11) is 0. The summed E-state index contributed by atoms with van der Waals surface area (Å²) >= 11 is 0. The topological polar surface area (TPSA) is 154 Å². The Morgan fingerprint density at radius 1 is 0.730 bits per heavy atom. The molecule has 10 heteroatoms. The Labute approximate surface area is 216 Å². The van der Waals surface area contributed by atoms with Crippen LogP contribution in [0.25, 0.3) is 11.1 Å². The number of carboxylic acid groups (broad SMARTS) is 3. The molecule has 0 unspecified atom stereocenters. The van der Waals surface area contributed by atoms with Crippen LogP contribution >= 0.6 is 0 Å². The van der Waals surface area contributed by atoms with Crippen molar-refractivity contribution in [3.63, 3.8) is 0 Å². The highest BCUT2D eigenvalue weighted by atomic mass is 16.9. The zero-order valence-electron chi connectivity index (χ0n) is 21.3. The monoisotopic (exact) mass is 517 g/mol. The quantitative estimate of drug-likeness (QED) is 0.214. The maximum absolute atomic E-state index is 10.3. The molecular formula is C27H35NO9. The van der Waals surface area contributed by atoms with Gasteiger partial charge in [0.2, 0.25) is 0 Å². The number of aliphatic carboxylic acids is 3. The normalized spacial score (nSPS) is 11.8. The molecule has 0 aliphatic carbocycles. The predicted molar refractivity (Wildman–Crippen MR) is 137 cm³/mol. The van der Waals surface area contributed by atoms with Gasteiger partial charge in [-0.15, -0.1) is 0 Å². The van der Waals surface area contributed by atoms with Crippen LogP contribution < -0.4 is 0 Å². The van der Waals surface area contributed by atoms with Gasteiger partial charge in [-0.2, -0.15) is 0 Å². The Morgan fingerprint density at radius 3 is 1.46 bits per heavy atom. The van der Waals surface area contributed by atoms with Crippen molar-refractivity contribution in [1.82, 2.24) is 5.23 Å². The third-order valence-corrected chi connectivity index (χ3v) is 5.08. The summed E-state index contributed by atoms with van der Waals surface area (Å²) in [6, 6.07) is 21.0. The molecule has 0 fully saturated rings. The molecule has 0 heterocycles. The number of carbonyl (C=O) groups is 3. The molecule has 37 heavy (non-hydrogen) atoms. The lowest BCUT2D eigenvalue weighted by molar-refractivity contribution is -0.357. The molecule has 4 N–H and O–H groups in total. The molecule has 0 amide bonds. The summed E-state index contributed by atoms with van der Waals surface area (Å²) in [5, 5.41) is 35.4. The smallest absolute Gasteiger partial charge is 0.336 e. The number of hydrogen-bond acceptors (Lipinski definition) is 7. The summed E-state index contributed by atoms with van der Waals surface area (Å²) in [6.45, 7) is 7.87. The van der Waals surface area contributed by atoms with E-state index in [2.05, 4.69) is 55.5 Å². The van der Waals surface area contributed by atoms with Gasteiger partial charge in [-0.05, 0) is 42.5 Å². The van der Waals surface area contributed by atoms with Gasteiger partial charge in [0.1, 0.15) is 0 Å². The SMILES string of the molecule is CCON(CC(=C(CC)c1ccccc1)c1ccccc1)OCC.O=C(O)CC(O)(CC(=O)O)C(=O)O. The van der Waals surface area contributed by atoms with E-state index in [0.29, 0.717) is 19.8 Å². The Hall–Kier alpha value is -3.57. The fourth-order valence-corrected chi connectivity index (χ4v) is 3.49. The number of carboxylic acids is 3. The first-order valence-corrected chi connectivity index (χ1v) is 11.8. The zero-order valence-corrected chi connectivity index (χ0v) is 21.3. The van der Waals surface area contributed by atoms with E-state index in [1.165, 1.54) is 22.3 Å². The number of aliphatic hydroxyl groups is 1. The van der Waals surface area contributed by atoms with E-state index >= 15 is 0 Å². The van der Waals surface area contributed by atoms with Crippen molar-refractivity contribution in [1.29, 1.82) is 0 Å². The van der Waals surface area contributed by atoms with E-state index in [1.807, 2.05) is 26.0 Å². The Kier molecular flexibility index (Phi) is 13.8. The van der Waals surface area contributed by atoms with E-state index < -0.39 is 36.4 Å². The third kappa shape index (κ3) is 10.9. The predicted octanol–water partition coefficient (Wildman–Crippen LogP) is 3.96. The van der Waals surface area contributed by atoms with Crippen molar-refractivity contribution in [2.24, 2.45) is 0 Å². The van der Waals surface area contributed by atoms with Crippen LogP contribution in [0.2, 0.25) is 0 Å². The second kappa shape index (κ2) is 16.2. The number of rotatable bonds is 14. The molecule has 0 aromatic heterocycles. The summed E-state index contributed by atoms with van der Waals surface area (Å²) in [4.78, 5) is 41.8. The molecule has 0 atom stereocenters. The molecule has 0 aliphatic heterocycles. The standard InChI is InChI=1S/C21H27NO2.C6H8O7/c1-4-20(18-13-9-7-10-14-18)21(19-15-11-8-12-16-19)17-22(23-5-2)24-6-3;7-3(8)1-6(13,5(11)12)2-4(9)10/h7-16H,4-6,17H2,1-3H3;13H,1-2H2,(H,7,8)(H,9,10)(H,11,12). The van der Waals surface area contributed by atoms with Crippen molar-refractivity contribution in [3.8, 4) is 0 Å². The Bertz CT molecular complexity index is 1000. The number of allylic oxidation sites excluding steroid dienone is 1. The van der Waals surface area contributed by atoms with Crippen molar-refractivity contribution >= 4 is 29.1 Å². The lowest BCUT2D eigenvalue weighted by Gasteiger charge is -2.23. The van der Waals surface area contributed by atoms with Gasteiger partial charge in [0.15, 0.2) is 5.60 Å². The molecule has 0 saturated heterocycles. The second-order valence-electron chi connectivity index (χ2n) is 7.85. The van der Waals surface area contributed by atoms with Gasteiger partial charge in [-0.1, -0.05) is 72.8 Å². The first-order valence-electron chi connectivity index (χ1n) is 11.8. The highest BCUT2D eigenvalue weighted by molar-refractivity contribution is 5.91. The molecular weight excluding hydrogens is 482 g/mol. The number of hydroxylamine groups is 2. The lowest BCUT2D eigenvalue weighted by atomic mass is 9.93. The molecule has 0 aliphatic rings. The van der Waals surface area contributed by atoms with E-state index in [4.69, 9.17) is 30.1 Å². The highest BCUT2D eigenvalue weighted by Gasteiger charge is 2.40. The van der Waals surface area contributed by atoms with Gasteiger partial charge in [-0.25, -0.2) is 4.79 Å². The van der Waals surface area contributed by atoms with Crippen molar-refractivity contribution in [2.75, 3.05) is 19.8 Å². The molecule has 2 aromatic carbocycles. The first kappa shape index (κ1) is 31.5. The Morgan fingerprint density at radius 2 is 1.14 bits per heavy atom. The Balaban J connectivity index is 0.000000448. The maximum atomic E-state index is 10.3. The van der Waals surface area contributed by atoms with E-state index in [1.54, 1.807) is 5.23 Å². The van der Waals surface area contributed by atoms with Gasteiger partial charge in [-0.3, -0.25) is 19.3 Å². The number of benzene rings is 2. The van der Waals surface area contributed by atoms with E-state index in [9.17, 15) is 14.4 Å². The second-order valence-corrected chi connectivity index (χ2v) is 7.85. The highest BCUT2D eigenvalue weighted by Crippen LogP contribution is 2.30. The molecule has 2 rings (SSSR count). The van der Waals surface area contributed by atoms with Gasteiger partial charge >= 0.3 is 17.9 Å².